The SMILES string of the molecule is COC(=O)C(C)(C)CC12CC(N3C[C@@H]4CN(C(=O)O)CCN4C3=O)(C1)C2. The van der Waals surface area contributed by atoms with Crippen LogP contribution in [0.4, 0.5) is 9.59 Å². The molecule has 144 valence electrons. The number of hydrogen-bond donors (Lipinski definition) is 1. The molecular formula is C18H27N3O5. The monoisotopic (exact) mass is 365 g/mol. The Balaban J connectivity index is 1.39. The third kappa shape index (κ3) is 2.30. The smallest absolute Gasteiger partial charge is 0.407 e. The van der Waals surface area contributed by atoms with Crippen molar-refractivity contribution in [2.24, 2.45) is 10.8 Å². The predicted octanol–water partition coefficient (Wildman–Crippen LogP) is 1.60. The zero-order valence-corrected chi connectivity index (χ0v) is 15.7. The fourth-order valence-corrected chi connectivity index (χ4v) is 5.98. The van der Waals surface area contributed by atoms with Gasteiger partial charge in [0.2, 0.25) is 0 Å². The minimum atomic E-state index is -0.912. The highest BCUT2D eigenvalue weighted by molar-refractivity contribution is 5.80. The molecular weight excluding hydrogens is 338 g/mol. The van der Waals surface area contributed by atoms with Crippen molar-refractivity contribution in [1.29, 1.82) is 0 Å². The first-order valence-corrected chi connectivity index (χ1v) is 9.26. The Labute approximate surface area is 153 Å². The van der Waals surface area contributed by atoms with E-state index in [1.54, 1.807) is 0 Å². The van der Waals surface area contributed by atoms with Crippen molar-refractivity contribution in [3.63, 3.8) is 0 Å². The van der Waals surface area contributed by atoms with E-state index in [2.05, 4.69) is 0 Å². The van der Waals surface area contributed by atoms with E-state index in [0.717, 1.165) is 25.7 Å². The number of methoxy groups -OCH3 is 1. The van der Waals surface area contributed by atoms with Crippen molar-refractivity contribution in [1.82, 2.24) is 14.7 Å². The number of ether oxygens (including phenoxy) is 1. The molecule has 0 aromatic rings. The van der Waals surface area contributed by atoms with E-state index >= 15 is 0 Å². The second-order valence-corrected chi connectivity index (χ2v) is 9.28. The molecule has 0 spiro atoms. The summed E-state index contributed by atoms with van der Waals surface area (Å²) in [6.07, 6.45) is 2.70. The highest BCUT2D eigenvalue weighted by Gasteiger charge is 2.73. The molecule has 5 fully saturated rings. The number of rotatable bonds is 4. The van der Waals surface area contributed by atoms with E-state index in [4.69, 9.17) is 4.74 Å². The van der Waals surface area contributed by atoms with Crippen molar-refractivity contribution in [3.05, 3.63) is 0 Å². The highest BCUT2D eigenvalue weighted by atomic mass is 16.5. The van der Waals surface area contributed by atoms with Crippen LogP contribution in [0.5, 0.6) is 0 Å². The number of piperazine rings is 1. The van der Waals surface area contributed by atoms with Crippen LogP contribution in [-0.2, 0) is 9.53 Å². The van der Waals surface area contributed by atoms with Gasteiger partial charge >= 0.3 is 18.1 Å². The molecule has 2 heterocycles. The van der Waals surface area contributed by atoms with Crippen LogP contribution in [-0.4, -0.2) is 82.8 Å². The molecule has 5 rings (SSSR count). The van der Waals surface area contributed by atoms with Gasteiger partial charge in [0.15, 0.2) is 0 Å². The van der Waals surface area contributed by atoms with E-state index in [1.165, 1.54) is 12.0 Å². The molecule has 0 aromatic heterocycles. The van der Waals surface area contributed by atoms with Crippen molar-refractivity contribution in [3.8, 4) is 0 Å². The molecule has 8 heteroatoms. The Morgan fingerprint density at radius 1 is 1.23 bits per heavy atom. The number of amides is 3. The number of hydrogen-bond acceptors (Lipinski definition) is 4. The molecule has 0 aromatic carbocycles. The fourth-order valence-electron chi connectivity index (χ4n) is 5.98. The van der Waals surface area contributed by atoms with Crippen LogP contribution < -0.4 is 0 Å². The summed E-state index contributed by atoms with van der Waals surface area (Å²) in [5.74, 6) is -0.181. The average Bonchev–Trinajstić information content (AvgIpc) is 2.84. The normalized spacial score (nSPS) is 35.6. The van der Waals surface area contributed by atoms with Gasteiger partial charge in [0.05, 0.1) is 18.6 Å². The Morgan fingerprint density at radius 3 is 2.46 bits per heavy atom. The quantitative estimate of drug-likeness (QED) is 0.764. The molecule has 2 bridgehead atoms. The summed E-state index contributed by atoms with van der Waals surface area (Å²) in [7, 11) is 1.42. The van der Waals surface area contributed by atoms with E-state index in [-0.39, 0.29) is 29.0 Å². The Hall–Kier alpha value is -1.99. The lowest BCUT2D eigenvalue weighted by molar-refractivity contribution is -0.218. The first kappa shape index (κ1) is 17.4. The molecule has 2 aliphatic heterocycles. The topological polar surface area (TPSA) is 90.4 Å². The third-order valence-electron chi connectivity index (χ3n) is 6.86. The molecule has 1 N–H and O–H groups in total. The van der Waals surface area contributed by atoms with Crippen LogP contribution in [0.15, 0.2) is 0 Å². The molecule has 2 saturated heterocycles. The minimum Gasteiger partial charge on any atom is -0.469 e. The molecule has 26 heavy (non-hydrogen) atoms. The second kappa shape index (κ2) is 5.27. The maximum absolute atomic E-state index is 12.8. The molecule has 8 nitrogen and oxygen atoms in total. The Bertz CT molecular complexity index is 656. The predicted molar refractivity (Wildman–Crippen MR) is 91.6 cm³/mol. The van der Waals surface area contributed by atoms with Gasteiger partial charge < -0.3 is 24.5 Å². The molecule has 0 unspecified atom stereocenters. The highest BCUT2D eigenvalue weighted by Crippen LogP contribution is 2.73. The Morgan fingerprint density at radius 2 is 1.88 bits per heavy atom. The van der Waals surface area contributed by atoms with Crippen molar-refractivity contribution in [2.75, 3.05) is 33.3 Å². The van der Waals surface area contributed by atoms with Crippen LogP contribution >= 0.6 is 0 Å². The van der Waals surface area contributed by atoms with Crippen LogP contribution in [0, 0.1) is 10.8 Å². The summed E-state index contributed by atoms with van der Waals surface area (Å²) in [4.78, 5) is 41.2. The zero-order chi connectivity index (χ0) is 18.9. The van der Waals surface area contributed by atoms with Crippen molar-refractivity contribution >= 4 is 18.1 Å². The third-order valence-corrected chi connectivity index (χ3v) is 6.86. The van der Waals surface area contributed by atoms with Gasteiger partial charge in [-0.05, 0) is 44.9 Å². The average molecular weight is 365 g/mol. The number of esters is 1. The van der Waals surface area contributed by atoms with Gasteiger partial charge in [-0.15, -0.1) is 0 Å². The molecule has 5 aliphatic rings. The zero-order valence-electron chi connectivity index (χ0n) is 15.7. The fraction of sp³-hybridized carbons (Fsp3) is 0.833. The van der Waals surface area contributed by atoms with Gasteiger partial charge in [-0.25, -0.2) is 9.59 Å². The molecule has 0 radical (unpaired) electrons. The summed E-state index contributed by atoms with van der Waals surface area (Å²) in [5.41, 5.74) is -0.432. The lowest BCUT2D eigenvalue weighted by Crippen LogP contribution is -2.75. The van der Waals surface area contributed by atoms with E-state index in [9.17, 15) is 19.5 Å². The number of nitrogens with zero attached hydrogens (tertiary/aromatic N) is 3. The summed E-state index contributed by atoms with van der Waals surface area (Å²) >= 11 is 0. The van der Waals surface area contributed by atoms with Crippen LogP contribution in [0.25, 0.3) is 0 Å². The second-order valence-electron chi connectivity index (χ2n) is 9.28. The first-order chi connectivity index (χ1) is 12.1. The van der Waals surface area contributed by atoms with E-state index in [0.29, 0.717) is 26.2 Å². The van der Waals surface area contributed by atoms with Crippen molar-refractivity contribution in [2.45, 2.75) is 51.1 Å². The largest absolute Gasteiger partial charge is 0.469 e. The molecule has 3 saturated carbocycles. The van der Waals surface area contributed by atoms with Gasteiger partial charge in [0.25, 0.3) is 0 Å². The maximum Gasteiger partial charge on any atom is 0.407 e. The summed E-state index contributed by atoms with van der Waals surface area (Å²) in [5, 5.41) is 9.19. The maximum atomic E-state index is 12.8. The number of carbonyl (C=O) groups is 3. The standard InChI is InChI=1S/C18H27N3O5/c1-16(2,13(22)26-3)8-17-9-18(10-17,11-17)21-7-12-6-19(15(24)25)4-5-20(12)14(21)23/h12H,4-11H2,1-3H3,(H,24,25)/t12-,17?,18?/m0/s1. The molecule has 1 atom stereocenters. The van der Waals surface area contributed by atoms with Gasteiger partial charge in [0, 0.05) is 31.7 Å². The number of carbonyl (C=O) groups excluding carboxylic acids is 2. The van der Waals surface area contributed by atoms with Crippen molar-refractivity contribution < 1.29 is 24.2 Å². The lowest BCUT2D eigenvalue weighted by Gasteiger charge is -2.74. The Kier molecular flexibility index (Phi) is 3.53. The van der Waals surface area contributed by atoms with Gasteiger partial charge in [-0.1, -0.05) is 0 Å². The molecule has 3 amide bonds. The summed E-state index contributed by atoms with van der Waals surface area (Å²) < 4.78 is 4.92. The minimum absolute atomic E-state index is 0.0381. The number of carboxylic acid groups (broad SMARTS) is 1. The lowest BCUT2D eigenvalue weighted by atomic mass is 9.36. The van der Waals surface area contributed by atoms with Gasteiger partial charge in [-0.2, -0.15) is 0 Å². The van der Waals surface area contributed by atoms with E-state index in [1.807, 2.05) is 23.6 Å². The number of fused-ring (bicyclic) bond motifs is 1. The number of urea groups is 1. The summed E-state index contributed by atoms with van der Waals surface area (Å²) in [6, 6.07) is 0.0180. The van der Waals surface area contributed by atoms with Crippen LogP contribution in [0.3, 0.4) is 0 Å². The summed E-state index contributed by atoms with van der Waals surface area (Å²) in [6.45, 7) is 5.72. The van der Waals surface area contributed by atoms with E-state index < -0.39 is 11.5 Å². The first-order valence-electron chi connectivity index (χ1n) is 9.26. The van der Waals surface area contributed by atoms with Gasteiger partial charge in [0.1, 0.15) is 0 Å². The van der Waals surface area contributed by atoms with Gasteiger partial charge in [-0.3, -0.25) is 4.79 Å². The van der Waals surface area contributed by atoms with Crippen LogP contribution in [0.2, 0.25) is 0 Å². The van der Waals surface area contributed by atoms with Crippen LogP contribution in [0.1, 0.15) is 39.5 Å². The molecule has 3 aliphatic carbocycles.